The van der Waals surface area contributed by atoms with Crippen molar-refractivity contribution in [2.24, 2.45) is 12.5 Å². The number of nitrogens with one attached hydrogen (secondary N) is 2. The van der Waals surface area contributed by atoms with E-state index in [1.807, 2.05) is 13.8 Å². The Morgan fingerprint density at radius 3 is 2.57 bits per heavy atom. The average Bonchev–Trinajstić information content (AvgIpc) is 2.79. The zero-order valence-corrected chi connectivity index (χ0v) is 13.6. The Hall–Kier alpha value is -1.38. The number of aryl methyl sites for hydroxylation is 1. The fourth-order valence-electron chi connectivity index (χ4n) is 1.80. The van der Waals surface area contributed by atoms with Crippen LogP contribution in [0.15, 0.2) is 17.2 Å². The predicted octanol–water partition coefficient (Wildman–Crippen LogP) is 0.0716. The van der Waals surface area contributed by atoms with Crippen molar-refractivity contribution in [3.05, 3.63) is 18.0 Å². The minimum atomic E-state index is -3.69. The summed E-state index contributed by atoms with van der Waals surface area (Å²) in [6.45, 7) is 3.94. The van der Waals surface area contributed by atoms with Gasteiger partial charge in [-0.15, -0.1) is 0 Å². The van der Waals surface area contributed by atoms with Crippen molar-refractivity contribution in [2.45, 2.75) is 25.2 Å². The monoisotopic (exact) mass is 317 g/mol. The Morgan fingerprint density at radius 1 is 1.43 bits per heavy atom. The molecule has 0 aliphatic heterocycles. The Balaban J connectivity index is 2.92. The van der Waals surface area contributed by atoms with Crippen LogP contribution in [0.1, 0.15) is 30.8 Å². The van der Waals surface area contributed by atoms with Crippen LogP contribution in [0, 0.1) is 5.41 Å². The Bertz CT molecular complexity index is 605. The molecule has 1 aromatic heterocycles. The van der Waals surface area contributed by atoms with Crippen molar-refractivity contribution < 1.29 is 18.3 Å². The molecule has 0 aliphatic carbocycles. The number of hydrogen-bond donors (Lipinski definition) is 3. The van der Waals surface area contributed by atoms with Gasteiger partial charge in [0, 0.05) is 33.4 Å². The lowest BCUT2D eigenvalue weighted by Crippen LogP contribution is -2.34. The Kier molecular flexibility index (Phi) is 5.54. The van der Waals surface area contributed by atoms with Crippen molar-refractivity contribution >= 4 is 15.9 Å². The molecule has 0 saturated carbocycles. The highest BCUT2D eigenvalue weighted by Gasteiger charge is 2.24. The highest BCUT2D eigenvalue weighted by atomic mass is 32.2. The maximum absolute atomic E-state index is 12.2. The molecule has 0 spiro atoms. The molecule has 0 bridgehead atoms. The van der Waals surface area contributed by atoms with Gasteiger partial charge in [-0.1, -0.05) is 13.8 Å². The van der Waals surface area contributed by atoms with Crippen LogP contribution >= 0.6 is 0 Å². The highest BCUT2D eigenvalue weighted by molar-refractivity contribution is 7.89. The van der Waals surface area contributed by atoms with Gasteiger partial charge in [-0.2, -0.15) is 0 Å². The molecule has 8 heteroatoms. The van der Waals surface area contributed by atoms with E-state index >= 15 is 0 Å². The molecule has 3 N–H and O–H groups in total. The van der Waals surface area contributed by atoms with Gasteiger partial charge in [0.05, 0.1) is 0 Å². The third-order valence-electron chi connectivity index (χ3n) is 3.28. The third-order valence-corrected chi connectivity index (χ3v) is 4.65. The molecule has 1 aromatic rings. The maximum atomic E-state index is 12.2. The summed E-state index contributed by atoms with van der Waals surface area (Å²) in [4.78, 5) is 11.6. The van der Waals surface area contributed by atoms with E-state index in [2.05, 4.69) is 10.0 Å². The van der Waals surface area contributed by atoms with Gasteiger partial charge in [0.1, 0.15) is 10.6 Å². The number of aliphatic hydroxyl groups is 1. The second-order valence-electron chi connectivity index (χ2n) is 5.71. The zero-order valence-electron chi connectivity index (χ0n) is 12.8. The number of rotatable bonds is 7. The average molecular weight is 317 g/mol. The van der Waals surface area contributed by atoms with Gasteiger partial charge in [0.2, 0.25) is 10.0 Å². The Morgan fingerprint density at radius 2 is 2.05 bits per heavy atom. The zero-order chi connectivity index (χ0) is 16.3. The quantitative estimate of drug-likeness (QED) is 0.662. The van der Waals surface area contributed by atoms with Crippen LogP contribution in [0.3, 0.4) is 0 Å². The summed E-state index contributed by atoms with van der Waals surface area (Å²) in [5.41, 5.74) is -0.0762. The van der Waals surface area contributed by atoms with E-state index in [1.54, 1.807) is 7.05 Å². The molecule has 1 rings (SSSR count). The number of carbonyl (C=O) groups excluding carboxylic acids is 1. The lowest BCUT2D eigenvalue weighted by atomic mass is 9.90. The molecular formula is C13H23N3O4S. The molecule has 21 heavy (non-hydrogen) atoms. The number of hydrogen-bond acceptors (Lipinski definition) is 4. The van der Waals surface area contributed by atoms with Gasteiger partial charge in [-0.3, -0.25) is 4.79 Å². The summed E-state index contributed by atoms with van der Waals surface area (Å²) in [5, 5.41) is 11.4. The van der Waals surface area contributed by atoms with E-state index in [4.69, 9.17) is 5.11 Å². The smallest absolute Gasteiger partial charge is 0.267 e. The van der Waals surface area contributed by atoms with E-state index in [0.29, 0.717) is 6.42 Å². The lowest BCUT2D eigenvalue weighted by Gasteiger charge is -2.23. The van der Waals surface area contributed by atoms with Crippen molar-refractivity contribution in [1.82, 2.24) is 14.6 Å². The number of sulfonamides is 1. The number of nitrogens with zero attached hydrogens (tertiary/aromatic N) is 1. The molecule has 0 radical (unpaired) electrons. The summed E-state index contributed by atoms with van der Waals surface area (Å²) in [5.74, 6) is -0.348. The van der Waals surface area contributed by atoms with Crippen molar-refractivity contribution in [3.8, 4) is 0 Å². The molecule has 120 valence electrons. The number of carbonyl (C=O) groups is 1. The number of aliphatic hydroxyl groups excluding tert-OH is 1. The van der Waals surface area contributed by atoms with Crippen molar-refractivity contribution in [1.29, 1.82) is 0 Å². The van der Waals surface area contributed by atoms with Gasteiger partial charge in [0.15, 0.2) is 0 Å². The fraction of sp³-hybridized carbons (Fsp3) is 0.615. The van der Waals surface area contributed by atoms with Gasteiger partial charge in [-0.25, -0.2) is 13.1 Å². The summed E-state index contributed by atoms with van der Waals surface area (Å²) >= 11 is 0. The molecule has 0 aromatic carbocycles. The van der Waals surface area contributed by atoms with Crippen molar-refractivity contribution in [3.63, 3.8) is 0 Å². The lowest BCUT2D eigenvalue weighted by molar-refractivity contribution is 0.0955. The first kappa shape index (κ1) is 17.7. The molecular weight excluding hydrogens is 294 g/mol. The second kappa shape index (κ2) is 6.59. The largest absolute Gasteiger partial charge is 0.396 e. The van der Waals surface area contributed by atoms with E-state index in [0.717, 1.165) is 0 Å². The fourth-order valence-corrected chi connectivity index (χ4v) is 3.11. The van der Waals surface area contributed by atoms with E-state index in [9.17, 15) is 13.2 Å². The van der Waals surface area contributed by atoms with Crippen LogP contribution in [0.5, 0.6) is 0 Å². The van der Waals surface area contributed by atoms with Crippen molar-refractivity contribution in [2.75, 3.05) is 20.2 Å². The summed E-state index contributed by atoms with van der Waals surface area (Å²) in [6.07, 6.45) is 1.89. The van der Waals surface area contributed by atoms with Crippen LogP contribution in [-0.2, 0) is 17.1 Å². The highest BCUT2D eigenvalue weighted by Crippen LogP contribution is 2.20. The van der Waals surface area contributed by atoms with Gasteiger partial charge < -0.3 is 15.0 Å². The molecule has 1 heterocycles. The summed E-state index contributed by atoms with van der Waals surface area (Å²) in [6, 6.07) is 1.33. The Labute approximate surface area is 125 Å². The molecule has 0 aliphatic rings. The maximum Gasteiger partial charge on any atom is 0.267 e. The second-order valence-corrected chi connectivity index (χ2v) is 7.48. The number of aromatic nitrogens is 1. The summed E-state index contributed by atoms with van der Waals surface area (Å²) in [7, 11) is -0.592. The van der Waals surface area contributed by atoms with E-state index < -0.39 is 10.0 Å². The van der Waals surface area contributed by atoms with Crippen LogP contribution in [0.2, 0.25) is 0 Å². The molecule has 0 fully saturated rings. The molecule has 1 amide bonds. The van der Waals surface area contributed by atoms with Gasteiger partial charge in [0.25, 0.3) is 5.91 Å². The topological polar surface area (TPSA) is 100 Å². The molecule has 0 atom stereocenters. The molecule has 0 saturated heterocycles. The van der Waals surface area contributed by atoms with Gasteiger partial charge >= 0.3 is 0 Å². The first-order valence-electron chi connectivity index (χ1n) is 6.62. The molecule has 0 unspecified atom stereocenters. The molecule has 7 nitrogen and oxygen atoms in total. The normalized spacial score (nSPS) is 12.4. The van der Waals surface area contributed by atoms with Crippen LogP contribution < -0.4 is 10.0 Å². The third kappa shape index (κ3) is 4.55. The minimum absolute atomic E-state index is 0.000877. The van der Waals surface area contributed by atoms with Gasteiger partial charge in [-0.05, 0) is 17.9 Å². The number of amides is 1. The standard InChI is InChI=1S/C13H23N3O4S/c1-13(2,5-6-17)9-15-21(19,20)10-7-11(12(18)14-3)16(4)8-10/h7-8,15,17H,5-6,9H2,1-4H3,(H,14,18). The van der Waals surface area contributed by atoms with E-state index in [-0.39, 0.29) is 35.1 Å². The van der Waals surface area contributed by atoms with Crippen LogP contribution in [0.25, 0.3) is 0 Å². The first-order valence-corrected chi connectivity index (χ1v) is 8.10. The van der Waals surface area contributed by atoms with E-state index in [1.165, 1.54) is 23.9 Å². The minimum Gasteiger partial charge on any atom is -0.396 e. The van der Waals surface area contributed by atoms with Crippen LogP contribution in [0.4, 0.5) is 0 Å². The van der Waals surface area contributed by atoms with Crippen LogP contribution in [-0.4, -0.2) is 44.2 Å². The SMILES string of the molecule is CNC(=O)c1cc(S(=O)(=O)NCC(C)(C)CCO)cn1C. The predicted molar refractivity (Wildman–Crippen MR) is 79.5 cm³/mol. The first-order chi connectivity index (χ1) is 9.63. The summed E-state index contributed by atoms with van der Waals surface area (Å²) < 4.78 is 28.5.